The lowest BCUT2D eigenvalue weighted by Gasteiger charge is -1.63. The van der Waals surface area contributed by atoms with Crippen LogP contribution in [0.1, 0.15) is 0 Å². The Morgan fingerprint density at radius 3 is 2.60 bits per heavy atom. The number of rotatable bonds is 1. The second-order valence-electron chi connectivity index (χ2n) is 0.380. The number of nitrogens with zero attached hydrogens (tertiary/aromatic N) is 1. The minimum atomic E-state index is -0.213. The van der Waals surface area contributed by atoms with Gasteiger partial charge in [-0.15, -0.1) is 0 Å². The van der Waals surface area contributed by atoms with Crippen LogP contribution >= 0.6 is 0 Å². The molecule has 0 aromatic heterocycles. The predicted molar refractivity (Wildman–Crippen MR) is 22.1 cm³/mol. The highest BCUT2D eigenvalue weighted by atomic mass is 32.1. The molecule has 0 atom stereocenters. The molecule has 0 unspecified atom stereocenters. The quantitative estimate of drug-likeness (QED) is 0.340. The second kappa shape index (κ2) is 3.69. The fraction of sp³-hybridized carbons (Fsp3) is 0. The molecule has 0 bridgehead atoms. The zero-order valence-corrected chi connectivity index (χ0v) is 3.48. The van der Waals surface area contributed by atoms with Crippen LogP contribution < -0.4 is 0 Å². The Hall–Kier alpha value is -0.310. The van der Waals surface area contributed by atoms with Crippen LogP contribution in [0.4, 0.5) is 0 Å². The van der Waals surface area contributed by atoms with Crippen LogP contribution in [0.25, 0.3) is 0 Å². The average Bonchev–Trinajstić information content (AvgIpc) is 1.41. The van der Waals surface area contributed by atoms with Gasteiger partial charge in [0, 0.05) is 0 Å². The normalized spacial score (nSPS) is 6.40. The van der Waals surface area contributed by atoms with E-state index in [-0.39, 0.29) is 11.5 Å². The first-order valence-corrected chi connectivity index (χ1v) is 1.81. The van der Waals surface area contributed by atoms with E-state index in [0.717, 1.165) is 0 Å². The third-order valence-electron chi connectivity index (χ3n) is 0.129. The highest BCUT2D eigenvalue weighted by molar-refractivity contribution is 7.54. The van der Waals surface area contributed by atoms with Gasteiger partial charge in [-0.1, -0.05) is 6.58 Å². The van der Waals surface area contributed by atoms with Gasteiger partial charge in [-0.05, 0) is 6.20 Å². The molecular weight excluding hydrogens is 86.1 g/mol. The van der Waals surface area contributed by atoms with Crippen LogP contribution in [0.2, 0.25) is 0 Å². The monoisotopic (exact) mass is 90.0 g/mol. The molecule has 0 saturated heterocycles. The molecule has 3 heteroatoms. The molecule has 30 valence electrons. The smallest absolute Gasteiger partial charge is 0.00850 e. The first-order valence-electron chi connectivity index (χ1n) is 1.05. The van der Waals surface area contributed by atoms with Crippen molar-refractivity contribution in [3.05, 3.63) is 12.8 Å². The Balaban J connectivity index is 3.31. The SMILES string of the molecule is C=CN=[SH-]=O. The third-order valence-corrected chi connectivity index (χ3v) is 0.386. The molecular formula is C2H4NOS-. The van der Waals surface area contributed by atoms with E-state index in [0.29, 0.717) is 0 Å². The fourth-order valence-corrected chi connectivity index (χ4v) is 0.100. The summed E-state index contributed by atoms with van der Waals surface area (Å²) in [6.45, 7) is 3.18. The summed E-state index contributed by atoms with van der Waals surface area (Å²) < 4.78 is 12.4. The van der Waals surface area contributed by atoms with Gasteiger partial charge >= 0.3 is 0 Å². The van der Waals surface area contributed by atoms with E-state index in [4.69, 9.17) is 0 Å². The molecule has 0 aliphatic heterocycles. The van der Waals surface area contributed by atoms with Crippen molar-refractivity contribution < 1.29 is 4.21 Å². The molecule has 0 heterocycles. The molecule has 0 aromatic carbocycles. The van der Waals surface area contributed by atoms with E-state index in [1.54, 1.807) is 0 Å². The Morgan fingerprint density at radius 1 is 2.00 bits per heavy atom. The maximum atomic E-state index is 9.26. The highest BCUT2D eigenvalue weighted by Crippen LogP contribution is 1.55. The summed E-state index contributed by atoms with van der Waals surface area (Å²) in [5.41, 5.74) is 0. The Labute approximate surface area is 33.8 Å². The molecule has 0 N–H and O–H groups in total. The number of hydrogen-bond acceptors (Lipinski definition) is 3. The summed E-state index contributed by atoms with van der Waals surface area (Å²) in [5, 5.41) is 0. The van der Waals surface area contributed by atoms with Crippen LogP contribution in [0, 0.1) is 0 Å². The predicted octanol–water partition coefficient (Wildman–Crippen LogP) is 0.474. The molecule has 0 aliphatic rings. The van der Waals surface area contributed by atoms with Crippen LogP contribution in [0.3, 0.4) is 0 Å². The molecule has 0 amide bonds. The molecule has 2 nitrogen and oxygen atoms in total. The van der Waals surface area contributed by atoms with Gasteiger partial charge in [0.2, 0.25) is 0 Å². The van der Waals surface area contributed by atoms with Crippen molar-refractivity contribution in [2.75, 3.05) is 0 Å². The minimum absolute atomic E-state index is 0.213. The molecule has 0 radical (unpaired) electrons. The Morgan fingerprint density at radius 2 is 2.60 bits per heavy atom. The van der Waals surface area contributed by atoms with Crippen molar-refractivity contribution in [2.24, 2.45) is 4.36 Å². The molecule has 0 saturated carbocycles. The maximum Gasteiger partial charge on any atom is -0.00850 e. The summed E-state index contributed by atoms with van der Waals surface area (Å²) in [5.74, 6) is 0. The number of thiol groups is 1. The zero-order chi connectivity index (χ0) is 4.12. The summed E-state index contributed by atoms with van der Waals surface area (Å²) in [7, 11) is 0. The van der Waals surface area contributed by atoms with Crippen LogP contribution in [-0.2, 0) is 15.7 Å². The Kier molecular flexibility index (Phi) is 3.46. The largest absolute Gasteiger partial charge is 0.447 e. The van der Waals surface area contributed by atoms with E-state index in [2.05, 4.69) is 10.9 Å². The van der Waals surface area contributed by atoms with Gasteiger partial charge in [0.15, 0.2) is 0 Å². The van der Waals surface area contributed by atoms with Crippen LogP contribution in [0.15, 0.2) is 17.1 Å². The average molecular weight is 90.1 g/mol. The molecule has 0 aliphatic carbocycles. The van der Waals surface area contributed by atoms with Gasteiger partial charge < -0.3 is 8.57 Å². The first-order chi connectivity index (χ1) is 2.41. The van der Waals surface area contributed by atoms with Gasteiger partial charge in [-0.2, -0.15) is 11.5 Å². The van der Waals surface area contributed by atoms with E-state index >= 15 is 0 Å². The van der Waals surface area contributed by atoms with Crippen molar-refractivity contribution in [1.82, 2.24) is 0 Å². The van der Waals surface area contributed by atoms with Crippen LogP contribution in [-0.4, -0.2) is 0 Å². The number of hydrogen-bond donors (Lipinski definition) is 0. The molecule has 0 spiro atoms. The highest BCUT2D eigenvalue weighted by Gasteiger charge is 1.23. The van der Waals surface area contributed by atoms with Gasteiger partial charge in [0.05, 0.1) is 0 Å². The summed E-state index contributed by atoms with van der Waals surface area (Å²) in [6.07, 6.45) is 1.23. The lowest BCUT2D eigenvalue weighted by Crippen LogP contribution is -1.30. The van der Waals surface area contributed by atoms with Crippen molar-refractivity contribution >= 4 is 11.5 Å². The first kappa shape index (κ1) is 4.69. The van der Waals surface area contributed by atoms with Crippen molar-refractivity contribution in [1.29, 1.82) is 0 Å². The molecule has 0 rings (SSSR count). The van der Waals surface area contributed by atoms with E-state index in [1.807, 2.05) is 0 Å². The van der Waals surface area contributed by atoms with Gasteiger partial charge in [-0.3, -0.25) is 0 Å². The van der Waals surface area contributed by atoms with Gasteiger partial charge in [-0.25, -0.2) is 0 Å². The van der Waals surface area contributed by atoms with E-state index < -0.39 is 0 Å². The minimum Gasteiger partial charge on any atom is -0.447 e. The van der Waals surface area contributed by atoms with E-state index in [1.165, 1.54) is 6.20 Å². The van der Waals surface area contributed by atoms with Gasteiger partial charge in [0.25, 0.3) is 0 Å². The summed E-state index contributed by atoms with van der Waals surface area (Å²) >= 11 is -0.213. The zero-order valence-electron chi connectivity index (χ0n) is 2.59. The summed E-state index contributed by atoms with van der Waals surface area (Å²) in [4.78, 5) is 0. The molecule has 0 fully saturated rings. The van der Waals surface area contributed by atoms with Crippen LogP contribution in [0.5, 0.6) is 0 Å². The lowest BCUT2D eigenvalue weighted by molar-refractivity contribution is 0.609. The van der Waals surface area contributed by atoms with E-state index in [9.17, 15) is 4.21 Å². The van der Waals surface area contributed by atoms with Gasteiger partial charge in [0.1, 0.15) is 0 Å². The topological polar surface area (TPSA) is 29.4 Å². The second-order valence-corrected chi connectivity index (χ2v) is 0.774. The third kappa shape index (κ3) is 3.69. The Bertz CT molecular complexity index is 73.7. The van der Waals surface area contributed by atoms with Crippen molar-refractivity contribution in [2.45, 2.75) is 0 Å². The fourth-order valence-electron chi connectivity index (χ4n) is 0.0333. The summed E-state index contributed by atoms with van der Waals surface area (Å²) in [6, 6.07) is 0. The van der Waals surface area contributed by atoms with Crippen molar-refractivity contribution in [3.63, 3.8) is 0 Å². The van der Waals surface area contributed by atoms with Crippen molar-refractivity contribution in [3.8, 4) is 0 Å². The molecule has 0 aromatic rings. The lowest BCUT2D eigenvalue weighted by atomic mass is 11.1. The maximum absolute atomic E-state index is 9.26. The molecule has 5 heavy (non-hydrogen) atoms. The standard InChI is InChI=1S/C2H4NOS/c1-2-3-5-4/h2,5H,1H2/q-1.